The smallest absolute Gasteiger partial charge is 0.306 e. The standard InChI is InChI=1S/C11H20N2O4/c1-8(9(14)15)2-5-13-10(16)11(12)3-6-17-7-4-11/h8H,2-7,12H2,1H3,(H,13,16)(H,14,15). The summed E-state index contributed by atoms with van der Waals surface area (Å²) in [5.74, 6) is -1.52. The van der Waals surface area contributed by atoms with Crippen LogP contribution in [-0.2, 0) is 14.3 Å². The minimum Gasteiger partial charge on any atom is -0.481 e. The summed E-state index contributed by atoms with van der Waals surface area (Å²) in [5.41, 5.74) is 5.11. The minimum absolute atomic E-state index is 0.210. The van der Waals surface area contributed by atoms with Gasteiger partial charge in [0, 0.05) is 19.8 Å². The minimum atomic E-state index is -0.856. The van der Waals surface area contributed by atoms with Crippen molar-refractivity contribution in [1.29, 1.82) is 0 Å². The van der Waals surface area contributed by atoms with E-state index in [1.807, 2.05) is 0 Å². The van der Waals surface area contributed by atoms with E-state index in [9.17, 15) is 9.59 Å². The maximum absolute atomic E-state index is 11.8. The lowest BCUT2D eigenvalue weighted by Crippen LogP contribution is -2.57. The highest BCUT2D eigenvalue weighted by Crippen LogP contribution is 2.17. The van der Waals surface area contributed by atoms with Crippen molar-refractivity contribution in [1.82, 2.24) is 5.32 Å². The van der Waals surface area contributed by atoms with Gasteiger partial charge < -0.3 is 20.9 Å². The van der Waals surface area contributed by atoms with Crippen LogP contribution in [0.1, 0.15) is 26.2 Å². The number of rotatable bonds is 5. The molecular formula is C11H20N2O4. The normalized spacial score (nSPS) is 20.6. The molecule has 1 rings (SSSR count). The van der Waals surface area contributed by atoms with Crippen molar-refractivity contribution in [3.63, 3.8) is 0 Å². The highest BCUT2D eigenvalue weighted by molar-refractivity contribution is 5.86. The number of nitrogens with two attached hydrogens (primary N) is 1. The van der Waals surface area contributed by atoms with Gasteiger partial charge in [0.15, 0.2) is 0 Å². The van der Waals surface area contributed by atoms with Crippen molar-refractivity contribution in [3.8, 4) is 0 Å². The van der Waals surface area contributed by atoms with Crippen LogP contribution >= 0.6 is 0 Å². The van der Waals surface area contributed by atoms with E-state index in [0.717, 1.165) is 0 Å². The first-order chi connectivity index (χ1) is 7.96. The average molecular weight is 244 g/mol. The molecule has 0 aromatic rings. The Labute approximate surface area is 101 Å². The molecule has 0 bridgehead atoms. The van der Waals surface area contributed by atoms with E-state index in [1.54, 1.807) is 6.92 Å². The number of nitrogens with one attached hydrogen (secondary N) is 1. The molecule has 1 aliphatic heterocycles. The van der Waals surface area contributed by atoms with Gasteiger partial charge in [-0.15, -0.1) is 0 Å². The van der Waals surface area contributed by atoms with Crippen molar-refractivity contribution in [2.24, 2.45) is 11.7 Å². The van der Waals surface area contributed by atoms with Crippen LogP contribution in [0.25, 0.3) is 0 Å². The van der Waals surface area contributed by atoms with Gasteiger partial charge in [-0.25, -0.2) is 0 Å². The van der Waals surface area contributed by atoms with Crippen molar-refractivity contribution in [2.45, 2.75) is 31.7 Å². The molecule has 17 heavy (non-hydrogen) atoms. The summed E-state index contributed by atoms with van der Waals surface area (Å²) in [5, 5.41) is 11.4. The van der Waals surface area contributed by atoms with E-state index >= 15 is 0 Å². The number of amides is 1. The summed E-state index contributed by atoms with van der Waals surface area (Å²) in [6.45, 7) is 2.94. The maximum Gasteiger partial charge on any atom is 0.306 e. The van der Waals surface area contributed by atoms with Gasteiger partial charge in [-0.2, -0.15) is 0 Å². The molecule has 1 unspecified atom stereocenters. The highest BCUT2D eigenvalue weighted by atomic mass is 16.5. The fourth-order valence-electron chi connectivity index (χ4n) is 1.66. The Hall–Kier alpha value is -1.14. The van der Waals surface area contributed by atoms with Gasteiger partial charge in [-0.05, 0) is 19.3 Å². The zero-order valence-electron chi connectivity index (χ0n) is 10.1. The third-order valence-corrected chi connectivity index (χ3v) is 3.12. The Kier molecular flexibility index (Phi) is 4.89. The van der Waals surface area contributed by atoms with Gasteiger partial charge in [0.1, 0.15) is 0 Å². The molecule has 1 aliphatic rings. The maximum atomic E-state index is 11.8. The Morgan fingerprint density at radius 3 is 2.59 bits per heavy atom. The average Bonchev–Trinajstić information content (AvgIpc) is 2.29. The van der Waals surface area contributed by atoms with Crippen LogP contribution < -0.4 is 11.1 Å². The number of hydrogen-bond acceptors (Lipinski definition) is 4. The largest absolute Gasteiger partial charge is 0.481 e. The number of carboxylic acids is 1. The molecule has 6 heteroatoms. The number of aliphatic carboxylic acids is 1. The van der Waals surface area contributed by atoms with E-state index in [-0.39, 0.29) is 5.91 Å². The van der Waals surface area contributed by atoms with E-state index in [2.05, 4.69) is 5.32 Å². The summed E-state index contributed by atoms with van der Waals surface area (Å²) in [7, 11) is 0. The Morgan fingerprint density at radius 1 is 1.47 bits per heavy atom. The van der Waals surface area contributed by atoms with Crippen LogP contribution in [0.15, 0.2) is 0 Å². The monoisotopic (exact) mass is 244 g/mol. The second kappa shape index (κ2) is 5.97. The van der Waals surface area contributed by atoms with Crippen LogP contribution in [0.4, 0.5) is 0 Å². The molecule has 0 aromatic carbocycles. The zero-order valence-corrected chi connectivity index (χ0v) is 10.1. The van der Waals surface area contributed by atoms with Gasteiger partial charge in [0.05, 0.1) is 11.5 Å². The summed E-state index contributed by atoms with van der Waals surface area (Å²) < 4.78 is 5.15. The molecule has 1 atom stereocenters. The lowest BCUT2D eigenvalue weighted by Gasteiger charge is -2.31. The summed E-state index contributed by atoms with van der Waals surface area (Å²) >= 11 is 0. The molecule has 1 heterocycles. The highest BCUT2D eigenvalue weighted by Gasteiger charge is 2.35. The molecule has 0 aromatic heterocycles. The predicted molar refractivity (Wildman–Crippen MR) is 61.4 cm³/mol. The first kappa shape index (κ1) is 13.9. The number of carbonyl (C=O) groups is 2. The predicted octanol–water partition coefficient (Wildman–Crippen LogP) is -0.279. The van der Waals surface area contributed by atoms with Crippen LogP contribution in [-0.4, -0.2) is 42.3 Å². The lowest BCUT2D eigenvalue weighted by molar-refractivity contribution is -0.141. The first-order valence-electron chi connectivity index (χ1n) is 5.83. The second-order valence-electron chi connectivity index (χ2n) is 4.55. The molecule has 0 aliphatic carbocycles. The first-order valence-corrected chi connectivity index (χ1v) is 5.83. The lowest BCUT2D eigenvalue weighted by atomic mass is 9.90. The molecular weight excluding hydrogens is 224 g/mol. The van der Waals surface area contributed by atoms with Crippen molar-refractivity contribution in [3.05, 3.63) is 0 Å². The molecule has 0 spiro atoms. The van der Waals surface area contributed by atoms with Gasteiger partial charge in [-0.1, -0.05) is 6.92 Å². The zero-order chi connectivity index (χ0) is 12.9. The summed E-state index contributed by atoms with van der Waals surface area (Å²) in [4.78, 5) is 22.4. The van der Waals surface area contributed by atoms with E-state index in [1.165, 1.54) is 0 Å². The van der Waals surface area contributed by atoms with E-state index < -0.39 is 17.4 Å². The second-order valence-corrected chi connectivity index (χ2v) is 4.55. The van der Waals surface area contributed by atoms with Crippen LogP contribution in [0.5, 0.6) is 0 Å². The van der Waals surface area contributed by atoms with Crippen LogP contribution in [0.2, 0.25) is 0 Å². The fourth-order valence-corrected chi connectivity index (χ4v) is 1.66. The number of carbonyl (C=O) groups excluding carboxylic acids is 1. The molecule has 0 saturated carbocycles. The Balaban J connectivity index is 2.31. The molecule has 1 fully saturated rings. The van der Waals surface area contributed by atoms with Crippen LogP contribution in [0, 0.1) is 5.92 Å². The Bertz CT molecular complexity index is 287. The molecule has 4 N–H and O–H groups in total. The number of ether oxygens (including phenoxy) is 1. The number of hydrogen-bond donors (Lipinski definition) is 3. The van der Waals surface area contributed by atoms with Crippen LogP contribution in [0.3, 0.4) is 0 Å². The molecule has 98 valence electrons. The van der Waals surface area contributed by atoms with Crippen molar-refractivity contribution in [2.75, 3.05) is 19.8 Å². The number of carboxylic acid groups (broad SMARTS) is 1. The van der Waals surface area contributed by atoms with E-state index in [4.69, 9.17) is 15.6 Å². The molecule has 1 amide bonds. The summed E-state index contributed by atoms with van der Waals surface area (Å²) in [6.07, 6.45) is 1.42. The van der Waals surface area contributed by atoms with Gasteiger partial charge in [0.25, 0.3) is 0 Å². The van der Waals surface area contributed by atoms with Gasteiger partial charge >= 0.3 is 5.97 Å². The fraction of sp³-hybridized carbons (Fsp3) is 0.818. The SMILES string of the molecule is CC(CCNC(=O)C1(N)CCOCC1)C(=O)O. The molecule has 0 radical (unpaired) electrons. The van der Waals surface area contributed by atoms with Gasteiger partial charge in [0.2, 0.25) is 5.91 Å². The molecule has 1 saturated heterocycles. The Morgan fingerprint density at radius 2 is 2.06 bits per heavy atom. The molecule has 6 nitrogen and oxygen atoms in total. The van der Waals surface area contributed by atoms with E-state index in [0.29, 0.717) is 39.0 Å². The third-order valence-electron chi connectivity index (χ3n) is 3.12. The van der Waals surface area contributed by atoms with Crippen molar-refractivity contribution < 1.29 is 19.4 Å². The van der Waals surface area contributed by atoms with Crippen molar-refractivity contribution >= 4 is 11.9 Å². The van der Waals surface area contributed by atoms with Gasteiger partial charge in [-0.3, -0.25) is 9.59 Å². The quantitative estimate of drug-likeness (QED) is 0.617. The third kappa shape index (κ3) is 3.98. The summed E-state index contributed by atoms with van der Waals surface area (Å²) in [6, 6.07) is 0. The topological polar surface area (TPSA) is 102 Å².